The quantitative estimate of drug-likeness (QED) is 0.447. The molecule has 2 saturated heterocycles. The van der Waals surface area contributed by atoms with Gasteiger partial charge < -0.3 is 24.7 Å². The van der Waals surface area contributed by atoms with E-state index in [-0.39, 0.29) is 41.4 Å². The zero-order valence-electron chi connectivity index (χ0n) is 22.1. The number of likely N-dealkylation sites (tertiary alicyclic amines) is 1. The summed E-state index contributed by atoms with van der Waals surface area (Å²) in [5.41, 5.74) is 1.92. The van der Waals surface area contributed by atoms with Crippen molar-refractivity contribution in [3.05, 3.63) is 48.3 Å². The number of morpholine rings is 1. The number of amides is 2. The van der Waals surface area contributed by atoms with Crippen molar-refractivity contribution in [2.45, 2.75) is 43.6 Å². The van der Waals surface area contributed by atoms with E-state index in [1.807, 2.05) is 38.1 Å². The first-order chi connectivity index (χ1) is 18.7. The molecule has 2 fully saturated rings. The lowest BCUT2D eigenvalue weighted by atomic mass is 9.97. The maximum atomic E-state index is 13.2. The number of hydrogen-bond acceptors (Lipinski definition) is 7. The number of nitrogens with one attached hydrogen (secondary N) is 2. The summed E-state index contributed by atoms with van der Waals surface area (Å²) >= 11 is 0. The number of fused-ring (bicyclic) bond motifs is 1. The number of nitrogens with zero attached hydrogens (tertiary/aromatic N) is 3. The molecule has 0 spiro atoms. The Morgan fingerprint density at radius 2 is 1.90 bits per heavy atom. The van der Waals surface area contributed by atoms with Crippen LogP contribution >= 0.6 is 0 Å². The minimum Gasteiger partial charge on any atom is -0.489 e. The fourth-order valence-corrected chi connectivity index (χ4v) is 6.36. The van der Waals surface area contributed by atoms with Crippen LogP contribution in [0.3, 0.4) is 0 Å². The molecule has 1 aromatic heterocycles. The summed E-state index contributed by atoms with van der Waals surface area (Å²) in [4.78, 5) is 35.9. The van der Waals surface area contributed by atoms with E-state index < -0.39 is 21.8 Å². The topological polar surface area (TPSA) is 134 Å². The van der Waals surface area contributed by atoms with E-state index in [0.29, 0.717) is 26.3 Å². The molecular weight excluding hydrogens is 522 g/mol. The molecule has 208 valence electrons. The molecule has 2 aliphatic heterocycles. The second kappa shape index (κ2) is 11.3. The number of carbonyl (C=O) groups excluding carboxylic acids is 2. The lowest BCUT2D eigenvalue weighted by Gasteiger charge is -2.31. The highest BCUT2D eigenvalue weighted by Gasteiger charge is 2.32. The standard InChI is InChI=1S/C27H33N5O6S/c1-18(2)38-24-10-9-20(39(35,36)32-12-14-37-15-13-32)16-23(24)30-26(33)27(34)31-11-5-6-19(17-31)25-28-21-7-3-4-8-22(21)29-25/h3-4,7-10,16,18-19H,5-6,11-15,17H2,1-2H3,(H,28,29)(H,30,33). The van der Waals surface area contributed by atoms with Gasteiger partial charge in [0, 0.05) is 32.1 Å². The smallest absolute Gasteiger partial charge is 0.314 e. The zero-order chi connectivity index (χ0) is 27.6. The van der Waals surface area contributed by atoms with Gasteiger partial charge in [-0.15, -0.1) is 0 Å². The van der Waals surface area contributed by atoms with Gasteiger partial charge in [-0.05, 0) is 57.0 Å². The second-order valence-electron chi connectivity index (χ2n) is 10.0. The Hall–Kier alpha value is -3.48. The van der Waals surface area contributed by atoms with Gasteiger partial charge in [0.2, 0.25) is 10.0 Å². The monoisotopic (exact) mass is 555 g/mol. The van der Waals surface area contributed by atoms with Crippen LogP contribution < -0.4 is 10.1 Å². The van der Waals surface area contributed by atoms with Gasteiger partial charge in [-0.25, -0.2) is 13.4 Å². The van der Waals surface area contributed by atoms with Crippen LogP contribution in [0, 0.1) is 0 Å². The molecule has 2 aromatic carbocycles. The van der Waals surface area contributed by atoms with Gasteiger partial charge in [-0.2, -0.15) is 4.31 Å². The highest BCUT2D eigenvalue weighted by molar-refractivity contribution is 7.89. The van der Waals surface area contributed by atoms with Gasteiger partial charge in [0.25, 0.3) is 0 Å². The van der Waals surface area contributed by atoms with Crippen LogP contribution in [-0.4, -0.2) is 84.9 Å². The number of rotatable bonds is 6. The number of hydrogen-bond donors (Lipinski definition) is 2. The molecule has 0 bridgehead atoms. The Morgan fingerprint density at radius 3 is 2.64 bits per heavy atom. The van der Waals surface area contributed by atoms with Crippen molar-refractivity contribution in [2.75, 3.05) is 44.7 Å². The SMILES string of the molecule is CC(C)Oc1ccc(S(=O)(=O)N2CCOCC2)cc1NC(=O)C(=O)N1CCCC(c2nc3ccccc3[nH]2)C1. The average Bonchev–Trinajstić information content (AvgIpc) is 3.38. The van der Waals surface area contributed by atoms with Gasteiger partial charge >= 0.3 is 11.8 Å². The minimum absolute atomic E-state index is 0.00572. The van der Waals surface area contributed by atoms with Gasteiger partial charge in [0.15, 0.2) is 0 Å². The first-order valence-electron chi connectivity index (χ1n) is 13.2. The van der Waals surface area contributed by atoms with Crippen LogP contribution in [0.5, 0.6) is 5.75 Å². The summed E-state index contributed by atoms with van der Waals surface area (Å²) in [7, 11) is -3.81. The number of imidazole rings is 1. The Bertz CT molecular complexity index is 1430. The first-order valence-corrected chi connectivity index (χ1v) is 14.6. The number of anilines is 1. The Morgan fingerprint density at radius 1 is 1.13 bits per heavy atom. The first kappa shape index (κ1) is 27.1. The molecule has 0 radical (unpaired) electrons. The number of aromatic nitrogens is 2. The lowest BCUT2D eigenvalue weighted by Crippen LogP contribution is -2.45. The van der Waals surface area contributed by atoms with Crippen molar-refractivity contribution in [3.8, 4) is 5.75 Å². The fourth-order valence-electron chi connectivity index (χ4n) is 4.93. The lowest BCUT2D eigenvalue weighted by molar-refractivity contribution is -0.144. The normalized spacial score (nSPS) is 18.8. The third kappa shape index (κ3) is 5.92. The number of para-hydroxylation sites is 2. The summed E-state index contributed by atoms with van der Waals surface area (Å²) < 4.78 is 38.8. The third-order valence-corrected chi connectivity index (χ3v) is 8.76. The number of piperidine rings is 1. The van der Waals surface area contributed by atoms with Crippen LogP contribution in [-0.2, 0) is 24.3 Å². The summed E-state index contributed by atoms with van der Waals surface area (Å²) in [5.74, 6) is -0.485. The van der Waals surface area contributed by atoms with Gasteiger partial charge in [-0.3, -0.25) is 9.59 Å². The third-order valence-electron chi connectivity index (χ3n) is 6.87. The van der Waals surface area contributed by atoms with Crippen LogP contribution in [0.25, 0.3) is 11.0 Å². The maximum absolute atomic E-state index is 13.2. The largest absolute Gasteiger partial charge is 0.489 e. The summed E-state index contributed by atoms with van der Waals surface area (Å²) in [6.45, 7) is 5.56. The van der Waals surface area contributed by atoms with E-state index >= 15 is 0 Å². The average molecular weight is 556 g/mol. The fraction of sp³-hybridized carbons (Fsp3) is 0.444. The van der Waals surface area contributed by atoms with Gasteiger partial charge in [0.1, 0.15) is 11.6 Å². The van der Waals surface area contributed by atoms with Crippen molar-refractivity contribution in [1.29, 1.82) is 0 Å². The van der Waals surface area contributed by atoms with E-state index in [2.05, 4.69) is 15.3 Å². The molecule has 3 heterocycles. The number of aromatic amines is 1. The highest BCUT2D eigenvalue weighted by atomic mass is 32.2. The predicted octanol–water partition coefficient (Wildman–Crippen LogP) is 2.72. The Labute approximate surface area is 227 Å². The van der Waals surface area contributed by atoms with E-state index in [4.69, 9.17) is 9.47 Å². The van der Waals surface area contributed by atoms with Crippen LogP contribution in [0.15, 0.2) is 47.4 Å². The van der Waals surface area contributed by atoms with Crippen LogP contribution in [0.4, 0.5) is 5.69 Å². The molecule has 1 unspecified atom stereocenters. The Kier molecular flexibility index (Phi) is 7.87. The van der Waals surface area contributed by atoms with Crippen molar-refractivity contribution in [1.82, 2.24) is 19.2 Å². The molecule has 1 atom stereocenters. The summed E-state index contributed by atoms with van der Waals surface area (Å²) in [6, 6.07) is 12.0. The summed E-state index contributed by atoms with van der Waals surface area (Å²) in [5, 5.41) is 2.62. The predicted molar refractivity (Wildman–Crippen MR) is 145 cm³/mol. The second-order valence-corrected chi connectivity index (χ2v) is 12.0. The van der Waals surface area contributed by atoms with Gasteiger partial charge in [-0.1, -0.05) is 12.1 Å². The number of benzene rings is 2. The maximum Gasteiger partial charge on any atom is 0.314 e. The molecule has 11 nitrogen and oxygen atoms in total. The molecule has 5 rings (SSSR count). The zero-order valence-corrected chi connectivity index (χ0v) is 22.9. The van der Waals surface area contributed by atoms with Crippen molar-refractivity contribution in [3.63, 3.8) is 0 Å². The number of H-pyrrole nitrogens is 1. The molecule has 2 N–H and O–H groups in total. The molecule has 2 amide bonds. The van der Waals surface area contributed by atoms with E-state index in [1.165, 1.54) is 27.4 Å². The van der Waals surface area contributed by atoms with Crippen molar-refractivity contribution >= 4 is 38.6 Å². The van der Waals surface area contributed by atoms with E-state index in [1.54, 1.807) is 0 Å². The van der Waals surface area contributed by atoms with E-state index in [0.717, 1.165) is 29.7 Å². The Balaban J connectivity index is 1.33. The number of sulfonamides is 1. The molecule has 2 aliphatic rings. The molecule has 0 saturated carbocycles. The molecule has 12 heteroatoms. The molecular formula is C27H33N5O6S. The number of ether oxygens (including phenoxy) is 2. The van der Waals surface area contributed by atoms with Crippen LogP contribution in [0.2, 0.25) is 0 Å². The van der Waals surface area contributed by atoms with E-state index in [9.17, 15) is 18.0 Å². The van der Waals surface area contributed by atoms with Crippen molar-refractivity contribution < 1.29 is 27.5 Å². The highest BCUT2D eigenvalue weighted by Crippen LogP contribution is 2.31. The number of carbonyl (C=O) groups is 2. The molecule has 39 heavy (non-hydrogen) atoms. The van der Waals surface area contributed by atoms with Crippen molar-refractivity contribution in [2.24, 2.45) is 0 Å². The minimum atomic E-state index is -3.81. The molecule has 0 aliphatic carbocycles. The van der Waals surface area contributed by atoms with Gasteiger partial charge in [0.05, 0.1) is 40.9 Å². The van der Waals surface area contributed by atoms with Crippen LogP contribution in [0.1, 0.15) is 38.4 Å². The summed E-state index contributed by atoms with van der Waals surface area (Å²) in [6.07, 6.45) is 1.35. The molecule has 3 aromatic rings.